The van der Waals surface area contributed by atoms with Gasteiger partial charge in [0.1, 0.15) is 0 Å². The van der Waals surface area contributed by atoms with Crippen molar-refractivity contribution in [2.24, 2.45) is 17.8 Å². The number of hydrogen-bond acceptors (Lipinski definition) is 2. The molecule has 2 rings (SSSR count). The molecule has 0 aromatic carbocycles. The topological polar surface area (TPSA) is 15.3 Å². The second-order valence-corrected chi connectivity index (χ2v) is 7.88. The predicted molar refractivity (Wildman–Crippen MR) is 92.6 cm³/mol. The van der Waals surface area contributed by atoms with Crippen LogP contribution in [0.25, 0.3) is 0 Å². The van der Waals surface area contributed by atoms with E-state index in [1.807, 2.05) is 0 Å². The van der Waals surface area contributed by atoms with E-state index in [4.69, 9.17) is 0 Å². The molecule has 0 heterocycles. The third-order valence-electron chi connectivity index (χ3n) is 5.63. The highest BCUT2D eigenvalue weighted by atomic mass is 15.2. The van der Waals surface area contributed by atoms with Crippen molar-refractivity contribution in [1.29, 1.82) is 0 Å². The number of nitrogens with one attached hydrogen (secondary N) is 1. The molecule has 2 aliphatic rings. The first-order valence-corrected chi connectivity index (χ1v) is 9.63. The highest BCUT2D eigenvalue weighted by Crippen LogP contribution is 2.36. The molecule has 0 aromatic heterocycles. The fraction of sp³-hybridized carbons (Fsp3) is 1.00. The van der Waals surface area contributed by atoms with E-state index >= 15 is 0 Å². The third kappa shape index (κ3) is 5.25. The van der Waals surface area contributed by atoms with Crippen LogP contribution >= 0.6 is 0 Å². The molecule has 0 radical (unpaired) electrons. The van der Waals surface area contributed by atoms with Gasteiger partial charge in [-0.1, -0.05) is 27.7 Å². The summed E-state index contributed by atoms with van der Waals surface area (Å²) in [5.41, 5.74) is 0. The molecule has 2 saturated carbocycles. The number of rotatable bonds is 9. The molecule has 0 aromatic rings. The molecule has 21 heavy (non-hydrogen) atoms. The Hall–Kier alpha value is -0.0800. The molecular formula is C19H38N2. The van der Waals surface area contributed by atoms with Crippen LogP contribution < -0.4 is 5.32 Å². The lowest BCUT2D eigenvalue weighted by Gasteiger charge is -2.44. The van der Waals surface area contributed by atoms with Gasteiger partial charge in [-0.25, -0.2) is 0 Å². The maximum atomic E-state index is 3.87. The summed E-state index contributed by atoms with van der Waals surface area (Å²) in [6, 6.07) is 1.53. The molecule has 2 aliphatic carbocycles. The average Bonchev–Trinajstić information content (AvgIpc) is 3.28. The maximum Gasteiger partial charge on any atom is 0.0252 e. The first-order chi connectivity index (χ1) is 10.2. The van der Waals surface area contributed by atoms with Crippen molar-refractivity contribution < 1.29 is 0 Å². The standard InChI is InChI=1S/C19H38N2/c1-5-11-20-18-10-9-17(15(3)4)13-19(18)21(12-6-2)14-16-7-8-16/h15-20H,5-14H2,1-4H3. The Kier molecular flexibility index (Phi) is 7.01. The van der Waals surface area contributed by atoms with Gasteiger partial charge >= 0.3 is 0 Å². The molecule has 124 valence electrons. The van der Waals surface area contributed by atoms with E-state index in [-0.39, 0.29) is 0 Å². The van der Waals surface area contributed by atoms with E-state index in [0.717, 1.165) is 29.8 Å². The lowest BCUT2D eigenvalue weighted by molar-refractivity contribution is 0.0789. The van der Waals surface area contributed by atoms with Crippen LogP contribution in [0.3, 0.4) is 0 Å². The number of hydrogen-bond donors (Lipinski definition) is 1. The zero-order valence-corrected chi connectivity index (χ0v) is 14.9. The summed E-state index contributed by atoms with van der Waals surface area (Å²) in [5.74, 6) is 2.81. The monoisotopic (exact) mass is 294 g/mol. The highest BCUT2D eigenvalue weighted by Gasteiger charge is 2.36. The molecule has 0 amide bonds. The predicted octanol–water partition coefficient (Wildman–Crippen LogP) is 4.30. The first-order valence-electron chi connectivity index (χ1n) is 9.63. The second kappa shape index (κ2) is 8.53. The van der Waals surface area contributed by atoms with Crippen molar-refractivity contribution >= 4 is 0 Å². The minimum Gasteiger partial charge on any atom is -0.312 e. The van der Waals surface area contributed by atoms with Crippen LogP contribution in [0.2, 0.25) is 0 Å². The molecule has 3 atom stereocenters. The molecule has 0 aliphatic heterocycles. The van der Waals surface area contributed by atoms with Crippen LogP contribution in [0.1, 0.15) is 72.6 Å². The van der Waals surface area contributed by atoms with E-state index in [1.54, 1.807) is 0 Å². The summed E-state index contributed by atoms with van der Waals surface area (Å²) < 4.78 is 0. The second-order valence-electron chi connectivity index (χ2n) is 7.88. The van der Waals surface area contributed by atoms with E-state index in [9.17, 15) is 0 Å². The van der Waals surface area contributed by atoms with Crippen LogP contribution in [-0.4, -0.2) is 36.6 Å². The molecule has 0 saturated heterocycles. The first kappa shape index (κ1) is 17.3. The van der Waals surface area contributed by atoms with Gasteiger partial charge in [0, 0.05) is 18.6 Å². The van der Waals surface area contributed by atoms with Crippen molar-refractivity contribution in [1.82, 2.24) is 10.2 Å². The summed E-state index contributed by atoms with van der Waals surface area (Å²) in [4.78, 5) is 2.86. The minimum atomic E-state index is 0.741. The van der Waals surface area contributed by atoms with Gasteiger partial charge in [0.25, 0.3) is 0 Å². The normalized spacial score (nSPS) is 30.3. The van der Waals surface area contributed by atoms with Gasteiger partial charge in [-0.2, -0.15) is 0 Å². The van der Waals surface area contributed by atoms with Crippen LogP contribution in [0.15, 0.2) is 0 Å². The Morgan fingerprint density at radius 2 is 1.81 bits per heavy atom. The summed E-state index contributed by atoms with van der Waals surface area (Å²) in [7, 11) is 0. The zero-order valence-electron chi connectivity index (χ0n) is 14.9. The fourth-order valence-electron chi connectivity index (χ4n) is 4.07. The quantitative estimate of drug-likeness (QED) is 0.682. The van der Waals surface area contributed by atoms with Gasteiger partial charge in [-0.15, -0.1) is 0 Å². The molecule has 2 fully saturated rings. The number of nitrogens with zero attached hydrogens (tertiary/aromatic N) is 1. The largest absolute Gasteiger partial charge is 0.312 e. The molecule has 2 nitrogen and oxygen atoms in total. The van der Waals surface area contributed by atoms with Crippen molar-refractivity contribution in [3.8, 4) is 0 Å². The van der Waals surface area contributed by atoms with Gasteiger partial charge in [0.15, 0.2) is 0 Å². The van der Waals surface area contributed by atoms with E-state index in [0.29, 0.717) is 0 Å². The molecule has 0 spiro atoms. The summed E-state index contributed by atoms with van der Waals surface area (Å²) in [6.07, 6.45) is 9.76. The zero-order chi connectivity index (χ0) is 15.2. The minimum absolute atomic E-state index is 0.741. The van der Waals surface area contributed by atoms with Crippen molar-refractivity contribution in [2.45, 2.75) is 84.7 Å². The molecular weight excluding hydrogens is 256 g/mol. The lowest BCUT2D eigenvalue weighted by atomic mass is 9.76. The smallest absolute Gasteiger partial charge is 0.0252 e. The Bertz CT molecular complexity index is 285. The highest BCUT2D eigenvalue weighted by molar-refractivity contribution is 4.93. The van der Waals surface area contributed by atoms with Gasteiger partial charge in [0.05, 0.1) is 0 Å². The van der Waals surface area contributed by atoms with E-state index < -0.39 is 0 Å². The van der Waals surface area contributed by atoms with E-state index in [1.165, 1.54) is 64.6 Å². The molecule has 1 N–H and O–H groups in total. The third-order valence-corrected chi connectivity index (χ3v) is 5.63. The van der Waals surface area contributed by atoms with Crippen molar-refractivity contribution in [3.05, 3.63) is 0 Å². The fourth-order valence-corrected chi connectivity index (χ4v) is 4.07. The Balaban J connectivity index is 2.01. The van der Waals surface area contributed by atoms with Crippen LogP contribution in [0, 0.1) is 17.8 Å². The average molecular weight is 295 g/mol. The summed E-state index contributed by atoms with van der Waals surface area (Å²) in [5, 5.41) is 3.87. The van der Waals surface area contributed by atoms with E-state index in [2.05, 4.69) is 37.9 Å². The Morgan fingerprint density at radius 3 is 2.38 bits per heavy atom. The van der Waals surface area contributed by atoms with Gasteiger partial charge in [-0.05, 0) is 75.8 Å². The van der Waals surface area contributed by atoms with Crippen LogP contribution in [0.4, 0.5) is 0 Å². The SMILES string of the molecule is CCCNC1CCC(C(C)C)CC1N(CCC)CC1CC1. The molecule has 3 unspecified atom stereocenters. The Morgan fingerprint density at radius 1 is 1.05 bits per heavy atom. The summed E-state index contributed by atoms with van der Waals surface area (Å²) in [6.45, 7) is 13.3. The van der Waals surface area contributed by atoms with Crippen LogP contribution in [0.5, 0.6) is 0 Å². The molecule has 2 heteroatoms. The van der Waals surface area contributed by atoms with Gasteiger partial charge in [0.2, 0.25) is 0 Å². The van der Waals surface area contributed by atoms with Crippen molar-refractivity contribution in [3.63, 3.8) is 0 Å². The van der Waals surface area contributed by atoms with Gasteiger partial charge in [-0.3, -0.25) is 4.90 Å². The maximum absolute atomic E-state index is 3.87. The lowest BCUT2D eigenvalue weighted by Crippen LogP contribution is -2.54. The van der Waals surface area contributed by atoms with Crippen molar-refractivity contribution in [2.75, 3.05) is 19.6 Å². The van der Waals surface area contributed by atoms with Gasteiger partial charge < -0.3 is 5.32 Å². The molecule has 0 bridgehead atoms. The summed E-state index contributed by atoms with van der Waals surface area (Å²) >= 11 is 0. The van der Waals surface area contributed by atoms with Crippen LogP contribution in [-0.2, 0) is 0 Å². The Labute approximate surface area is 133 Å².